The summed E-state index contributed by atoms with van der Waals surface area (Å²) in [7, 11) is 0. The maximum Gasteiger partial charge on any atom is 0.237 e. The topological polar surface area (TPSA) is 55.1 Å². The van der Waals surface area contributed by atoms with E-state index in [9.17, 15) is 4.79 Å². The average molecular weight is 285 g/mol. The van der Waals surface area contributed by atoms with Crippen LogP contribution in [0.5, 0.6) is 0 Å². The van der Waals surface area contributed by atoms with Crippen LogP contribution in [0.25, 0.3) is 0 Å². The molecule has 1 amide bonds. The molecule has 1 unspecified atom stereocenters. The van der Waals surface area contributed by atoms with E-state index in [2.05, 4.69) is 36.5 Å². The highest BCUT2D eigenvalue weighted by Crippen LogP contribution is 2.14. The van der Waals surface area contributed by atoms with Crippen molar-refractivity contribution in [2.45, 2.75) is 46.2 Å². The van der Waals surface area contributed by atoms with E-state index in [1.807, 2.05) is 20.8 Å². The van der Waals surface area contributed by atoms with Crippen LogP contribution in [0.3, 0.4) is 0 Å². The van der Waals surface area contributed by atoms with E-state index < -0.39 is 6.04 Å². The summed E-state index contributed by atoms with van der Waals surface area (Å²) in [6.45, 7) is 8.00. The van der Waals surface area contributed by atoms with E-state index in [-0.39, 0.29) is 30.3 Å². The molecule has 2 atom stereocenters. The Kier molecular flexibility index (Phi) is 7.72. The Bertz CT molecular complexity index is 390. The van der Waals surface area contributed by atoms with Crippen molar-refractivity contribution in [3.8, 4) is 0 Å². The number of nitrogens with two attached hydrogens (primary N) is 1. The first-order valence-corrected chi connectivity index (χ1v) is 6.60. The molecular formula is C15H25ClN2O. The molecule has 0 saturated carbocycles. The Morgan fingerprint density at radius 2 is 1.74 bits per heavy atom. The molecule has 3 nitrogen and oxygen atoms in total. The fourth-order valence-electron chi connectivity index (χ4n) is 1.74. The molecule has 108 valence electrons. The first-order chi connectivity index (χ1) is 8.45. The Hall–Kier alpha value is -1.06. The number of aryl methyl sites for hydroxylation is 1. The third kappa shape index (κ3) is 5.21. The quantitative estimate of drug-likeness (QED) is 0.873. The number of nitrogens with one attached hydrogen (secondary N) is 1. The van der Waals surface area contributed by atoms with Gasteiger partial charge in [-0.25, -0.2) is 0 Å². The van der Waals surface area contributed by atoms with E-state index in [1.165, 1.54) is 5.56 Å². The molecule has 19 heavy (non-hydrogen) atoms. The maximum atomic E-state index is 11.9. The molecule has 1 rings (SSSR count). The molecule has 1 aromatic rings. The zero-order valence-corrected chi connectivity index (χ0v) is 13.0. The highest BCUT2D eigenvalue weighted by molar-refractivity contribution is 5.85. The largest absolute Gasteiger partial charge is 0.348 e. The van der Waals surface area contributed by atoms with Crippen LogP contribution < -0.4 is 11.1 Å². The normalized spacial score (nSPS) is 13.6. The van der Waals surface area contributed by atoms with Crippen molar-refractivity contribution < 1.29 is 4.79 Å². The molecule has 0 aliphatic carbocycles. The van der Waals surface area contributed by atoms with Gasteiger partial charge in [-0.1, -0.05) is 45.0 Å². The summed E-state index contributed by atoms with van der Waals surface area (Å²) in [5.41, 5.74) is 8.23. The first kappa shape index (κ1) is 17.9. The molecular weight excluding hydrogens is 260 g/mol. The van der Waals surface area contributed by atoms with Crippen molar-refractivity contribution >= 4 is 18.3 Å². The summed E-state index contributed by atoms with van der Waals surface area (Å²) in [4.78, 5) is 11.9. The number of amides is 1. The van der Waals surface area contributed by atoms with E-state index in [0.29, 0.717) is 0 Å². The van der Waals surface area contributed by atoms with Crippen molar-refractivity contribution in [2.75, 3.05) is 0 Å². The highest BCUT2D eigenvalue weighted by Gasteiger charge is 2.19. The molecule has 0 aliphatic heterocycles. The lowest BCUT2D eigenvalue weighted by Gasteiger charge is -2.20. The number of halogens is 1. The van der Waals surface area contributed by atoms with Crippen LogP contribution in [0.4, 0.5) is 0 Å². The minimum atomic E-state index is -0.442. The zero-order valence-electron chi connectivity index (χ0n) is 12.1. The summed E-state index contributed by atoms with van der Waals surface area (Å²) in [5.74, 6) is 0.0664. The van der Waals surface area contributed by atoms with Crippen LogP contribution in [0.2, 0.25) is 0 Å². The maximum absolute atomic E-state index is 11.9. The first-order valence-electron chi connectivity index (χ1n) is 6.60. The molecule has 0 fully saturated rings. The molecule has 0 heterocycles. The van der Waals surface area contributed by atoms with Crippen LogP contribution in [0.15, 0.2) is 24.3 Å². The molecule has 0 spiro atoms. The van der Waals surface area contributed by atoms with E-state index in [4.69, 9.17) is 5.73 Å². The average Bonchev–Trinajstić information content (AvgIpc) is 2.37. The minimum Gasteiger partial charge on any atom is -0.348 e. The summed E-state index contributed by atoms with van der Waals surface area (Å²) in [6, 6.07) is 7.87. The third-order valence-corrected chi connectivity index (χ3v) is 3.27. The lowest BCUT2D eigenvalue weighted by molar-refractivity contribution is -0.123. The van der Waals surface area contributed by atoms with E-state index in [0.717, 1.165) is 12.0 Å². The van der Waals surface area contributed by atoms with Gasteiger partial charge in [0.2, 0.25) is 5.91 Å². The fraction of sp³-hybridized carbons (Fsp3) is 0.533. The SMILES string of the molecule is CCc1ccc(C(C)NC(=O)[C@H](N)C(C)C)cc1.Cl. The number of carbonyl (C=O) groups excluding carboxylic acids is 1. The van der Waals surface area contributed by atoms with Crippen LogP contribution in [0.1, 0.15) is 44.9 Å². The predicted octanol–water partition coefficient (Wildman–Crippen LogP) is 2.83. The number of rotatable bonds is 5. The second-order valence-corrected chi connectivity index (χ2v) is 5.10. The number of hydrogen-bond donors (Lipinski definition) is 2. The standard InChI is InChI=1S/C15H24N2O.ClH/c1-5-12-6-8-13(9-7-12)11(4)17-15(18)14(16)10(2)3;/h6-11,14H,5,16H2,1-4H3,(H,17,18);1H/t11?,14-;/m1./s1. The van der Waals surface area contributed by atoms with Crippen LogP contribution in [-0.2, 0) is 11.2 Å². The lowest BCUT2D eigenvalue weighted by atomic mass is 10.0. The number of carbonyl (C=O) groups is 1. The van der Waals surface area contributed by atoms with Gasteiger partial charge in [0.25, 0.3) is 0 Å². The molecule has 3 N–H and O–H groups in total. The van der Waals surface area contributed by atoms with E-state index in [1.54, 1.807) is 0 Å². The van der Waals surface area contributed by atoms with Crippen LogP contribution in [-0.4, -0.2) is 11.9 Å². The Balaban J connectivity index is 0.00000324. The monoisotopic (exact) mass is 284 g/mol. The third-order valence-electron chi connectivity index (χ3n) is 3.27. The van der Waals surface area contributed by atoms with Gasteiger partial charge in [-0.2, -0.15) is 0 Å². The van der Waals surface area contributed by atoms with Crippen molar-refractivity contribution in [2.24, 2.45) is 11.7 Å². The zero-order chi connectivity index (χ0) is 13.7. The Morgan fingerprint density at radius 3 is 2.16 bits per heavy atom. The fourth-order valence-corrected chi connectivity index (χ4v) is 1.74. The summed E-state index contributed by atoms with van der Waals surface area (Å²) in [6.07, 6.45) is 1.03. The van der Waals surface area contributed by atoms with Gasteiger partial charge in [-0.3, -0.25) is 4.79 Å². The summed E-state index contributed by atoms with van der Waals surface area (Å²) < 4.78 is 0. The smallest absolute Gasteiger partial charge is 0.237 e. The predicted molar refractivity (Wildman–Crippen MR) is 82.4 cm³/mol. The second kappa shape index (κ2) is 8.18. The Morgan fingerprint density at radius 1 is 1.21 bits per heavy atom. The molecule has 1 aromatic carbocycles. The molecule has 0 saturated heterocycles. The van der Waals surface area contributed by atoms with Crippen molar-refractivity contribution in [1.29, 1.82) is 0 Å². The van der Waals surface area contributed by atoms with E-state index >= 15 is 0 Å². The van der Waals surface area contributed by atoms with Gasteiger partial charge in [-0.05, 0) is 30.4 Å². The van der Waals surface area contributed by atoms with Gasteiger partial charge in [0.15, 0.2) is 0 Å². The van der Waals surface area contributed by atoms with Crippen molar-refractivity contribution in [3.05, 3.63) is 35.4 Å². The van der Waals surface area contributed by atoms with Gasteiger partial charge < -0.3 is 11.1 Å². The highest BCUT2D eigenvalue weighted by atomic mass is 35.5. The minimum absolute atomic E-state index is 0. The van der Waals surface area contributed by atoms with Crippen molar-refractivity contribution in [3.63, 3.8) is 0 Å². The van der Waals surface area contributed by atoms with Gasteiger partial charge in [0.05, 0.1) is 12.1 Å². The van der Waals surface area contributed by atoms with Gasteiger partial charge in [0, 0.05) is 0 Å². The molecule has 0 aromatic heterocycles. The molecule has 0 bridgehead atoms. The number of hydrogen-bond acceptors (Lipinski definition) is 2. The Labute approximate surface area is 122 Å². The van der Waals surface area contributed by atoms with Gasteiger partial charge >= 0.3 is 0 Å². The number of benzene rings is 1. The van der Waals surface area contributed by atoms with Gasteiger partial charge in [-0.15, -0.1) is 12.4 Å². The summed E-state index contributed by atoms with van der Waals surface area (Å²) in [5, 5.41) is 2.95. The molecule has 0 aliphatic rings. The van der Waals surface area contributed by atoms with Crippen LogP contribution >= 0.6 is 12.4 Å². The summed E-state index contributed by atoms with van der Waals surface area (Å²) >= 11 is 0. The van der Waals surface area contributed by atoms with Gasteiger partial charge in [0.1, 0.15) is 0 Å². The van der Waals surface area contributed by atoms with Crippen molar-refractivity contribution in [1.82, 2.24) is 5.32 Å². The molecule has 0 radical (unpaired) electrons. The van der Waals surface area contributed by atoms with Crippen LogP contribution in [0, 0.1) is 5.92 Å². The second-order valence-electron chi connectivity index (χ2n) is 5.10. The lowest BCUT2D eigenvalue weighted by Crippen LogP contribution is -2.44. The molecule has 4 heteroatoms.